The number of thioether (sulfide) groups is 1. The number of hydrogen-bond donors (Lipinski definition) is 0. The summed E-state index contributed by atoms with van der Waals surface area (Å²) in [5, 5.41) is 12.3. The standard InChI is InChI=1S/C19H20N4O2S/c1-3-4-14-5-7-15(8-6-14)18(24)13-26-19-20-21-22-23(19)16-9-11-17(25-2)12-10-16/h5-12H,3-4,13H2,1-2H3. The van der Waals surface area contributed by atoms with Crippen LogP contribution in [0.1, 0.15) is 29.3 Å². The highest BCUT2D eigenvalue weighted by Gasteiger charge is 2.13. The van der Waals surface area contributed by atoms with Gasteiger partial charge < -0.3 is 4.74 Å². The van der Waals surface area contributed by atoms with E-state index in [2.05, 4.69) is 22.4 Å². The topological polar surface area (TPSA) is 69.9 Å². The highest BCUT2D eigenvalue weighted by Crippen LogP contribution is 2.21. The van der Waals surface area contributed by atoms with Crippen molar-refractivity contribution in [3.05, 3.63) is 59.7 Å². The fraction of sp³-hybridized carbons (Fsp3) is 0.263. The van der Waals surface area contributed by atoms with E-state index in [1.54, 1.807) is 11.8 Å². The highest BCUT2D eigenvalue weighted by molar-refractivity contribution is 7.99. The van der Waals surface area contributed by atoms with Crippen molar-refractivity contribution in [1.82, 2.24) is 20.2 Å². The van der Waals surface area contributed by atoms with Gasteiger partial charge in [0, 0.05) is 5.56 Å². The molecule has 6 nitrogen and oxygen atoms in total. The number of nitrogens with zero attached hydrogens (tertiary/aromatic N) is 4. The quantitative estimate of drug-likeness (QED) is 0.447. The van der Waals surface area contributed by atoms with Gasteiger partial charge in [-0.05, 0) is 46.7 Å². The fourth-order valence-electron chi connectivity index (χ4n) is 2.51. The first kappa shape index (κ1) is 18.1. The van der Waals surface area contributed by atoms with E-state index < -0.39 is 0 Å². The number of ketones is 1. The van der Waals surface area contributed by atoms with E-state index in [9.17, 15) is 4.79 Å². The van der Waals surface area contributed by atoms with Crippen molar-refractivity contribution in [2.24, 2.45) is 0 Å². The average molecular weight is 368 g/mol. The third-order valence-electron chi connectivity index (χ3n) is 3.90. The van der Waals surface area contributed by atoms with Gasteiger partial charge >= 0.3 is 0 Å². The molecule has 0 saturated heterocycles. The summed E-state index contributed by atoms with van der Waals surface area (Å²) < 4.78 is 6.77. The maximum absolute atomic E-state index is 12.4. The molecule has 134 valence electrons. The number of ether oxygens (including phenoxy) is 1. The number of carbonyl (C=O) groups excluding carboxylic acids is 1. The van der Waals surface area contributed by atoms with Crippen molar-refractivity contribution in [3.8, 4) is 11.4 Å². The Labute approximate surface area is 156 Å². The number of benzene rings is 2. The van der Waals surface area contributed by atoms with Gasteiger partial charge in [0.1, 0.15) is 5.75 Å². The smallest absolute Gasteiger partial charge is 0.214 e. The molecule has 1 heterocycles. The molecule has 0 N–H and O–H groups in total. The van der Waals surface area contributed by atoms with Gasteiger partial charge in [0.05, 0.1) is 18.6 Å². The van der Waals surface area contributed by atoms with E-state index in [0.717, 1.165) is 24.3 Å². The van der Waals surface area contributed by atoms with E-state index in [4.69, 9.17) is 4.74 Å². The minimum atomic E-state index is 0.0577. The van der Waals surface area contributed by atoms with Crippen molar-refractivity contribution in [1.29, 1.82) is 0 Å². The molecule has 1 aromatic heterocycles. The predicted molar refractivity (Wildman–Crippen MR) is 101 cm³/mol. The Morgan fingerprint density at radius 1 is 1.12 bits per heavy atom. The van der Waals surface area contributed by atoms with Crippen LogP contribution in [0.15, 0.2) is 53.7 Å². The van der Waals surface area contributed by atoms with Gasteiger partial charge in [-0.25, -0.2) is 0 Å². The summed E-state index contributed by atoms with van der Waals surface area (Å²) in [6.07, 6.45) is 2.12. The lowest BCUT2D eigenvalue weighted by molar-refractivity contribution is 0.102. The van der Waals surface area contributed by atoms with Crippen LogP contribution in [0.2, 0.25) is 0 Å². The summed E-state index contributed by atoms with van der Waals surface area (Å²) in [4.78, 5) is 12.4. The molecule has 0 aliphatic rings. The molecule has 0 radical (unpaired) electrons. The molecule has 0 aliphatic carbocycles. The summed E-state index contributed by atoms with van der Waals surface area (Å²) in [7, 11) is 1.62. The molecular weight excluding hydrogens is 348 g/mol. The van der Waals surface area contributed by atoms with Crippen molar-refractivity contribution in [3.63, 3.8) is 0 Å². The maximum Gasteiger partial charge on any atom is 0.214 e. The second-order valence-electron chi connectivity index (χ2n) is 5.73. The highest BCUT2D eigenvalue weighted by atomic mass is 32.2. The first-order valence-electron chi connectivity index (χ1n) is 8.39. The molecule has 0 unspecified atom stereocenters. The molecule has 0 fully saturated rings. The van der Waals surface area contributed by atoms with Gasteiger partial charge in [-0.1, -0.05) is 49.4 Å². The van der Waals surface area contributed by atoms with E-state index in [-0.39, 0.29) is 11.5 Å². The Morgan fingerprint density at radius 2 is 1.85 bits per heavy atom. The van der Waals surface area contributed by atoms with E-state index in [1.807, 2.05) is 48.5 Å². The average Bonchev–Trinajstić information content (AvgIpc) is 3.15. The number of aryl methyl sites for hydroxylation is 1. The summed E-state index contributed by atoms with van der Waals surface area (Å²) in [5.41, 5.74) is 2.77. The molecule has 0 atom stereocenters. The van der Waals surface area contributed by atoms with Crippen LogP contribution in [0.4, 0.5) is 0 Å². The van der Waals surface area contributed by atoms with Crippen LogP contribution in [0.3, 0.4) is 0 Å². The van der Waals surface area contributed by atoms with Crippen molar-refractivity contribution in [2.45, 2.75) is 24.9 Å². The number of methoxy groups -OCH3 is 1. The second kappa shape index (κ2) is 8.62. The minimum Gasteiger partial charge on any atom is -0.497 e. The lowest BCUT2D eigenvalue weighted by atomic mass is 10.1. The molecule has 0 aliphatic heterocycles. The van der Waals surface area contributed by atoms with Crippen molar-refractivity contribution < 1.29 is 9.53 Å². The third kappa shape index (κ3) is 4.29. The Kier molecular flexibility index (Phi) is 6.01. The first-order chi connectivity index (χ1) is 12.7. The Hall–Kier alpha value is -2.67. The Balaban J connectivity index is 1.66. The Morgan fingerprint density at radius 3 is 2.50 bits per heavy atom. The molecule has 3 rings (SSSR count). The summed E-state index contributed by atoms with van der Waals surface area (Å²) in [6, 6.07) is 15.2. The molecule has 2 aromatic carbocycles. The van der Waals surface area contributed by atoms with Crippen LogP contribution >= 0.6 is 11.8 Å². The first-order valence-corrected chi connectivity index (χ1v) is 9.37. The van der Waals surface area contributed by atoms with Gasteiger partial charge in [0.2, 0.25) is 5.16 Å². The molecular formula is C19H20N4O2S. The van der Waals surface area contributed by atoms with Crippen molar-refractivity contribution >= 4 is 17.5 Å². The SMILES string of the molecule is CCCc1ccc(C(=O)CSc2nnnn2-c2ccc(OC)cc2)cc1. The fourth-order valence-corrected chi connectivity index (χ4v) is 3.30. The number of hydrogen-bond acceptors (Lipinski definition) is 6. The maximum atomic E-state index is 12.4. The zero-order valence-corrected chi connectivity index (χ0v) is 15.6. The third-order valence-corrected chi connectivity index (χ3v) is 4.82. The molecule has 0 saturated carbocycles. The van der Waals surface area contributed by atoms with Gasteiger partial charge in [-0.2, -0.15) is 4.68 Å². The lowest BCUT2D eigenvalue weighted by Crippen LogP contribution is -2.05. The largest absolute Gasteiger partial charge is 0.497 e. The Bertz CT molecular complexity index is 860. The number of carbonyl (C=O) groups is 1. The van der Waals surface area contributed by atoms with Crippen LogP contribution in [0, 0.1) is 0 Å². The predicted octanol–water partition coefficient (Wildman–Crippen LogP) is 3.60. The molecule has 0 amide bonds. The number of rotatable bonds is 8. The summed E-state index contributed by atoms with van der Waals surface area (Å²) >= 11 is 1.32. The second-order valence-corrected chi connectivity index (χ2v) is 6.67. The summed E-state index contributed by atoms with van der Waals surface area (Å²) in [6.45, 7) is 2.14. The number of aromatic nitrogens is 4. The van der Waals surface area contributed by atoms with Crippen LogP contribution < -0.4 is 4.74 Å². The minimum absolute atomic E-state index is 0.0577. The van der Waals surface area contributed by atoms with E-state index >= 15 is 0 Å². The van der Waals surface area contributed by atoms with Crippen molar-refractivity contribution in [2.75, 3.05) is 12.9 Å². The molecule has 0 spiro atoms. The van der Waals surface area contributed by atoms with E-state index in [1.165, 1.54) is 17.3 Å². The van der Waals surface area contributed by atoms with Gasteiger partial charge in [-0.3, -0.25) is 4.79 Å². The van der Waals surface area contributed by atoms with Gasteiger partial charge in [0.15, 0.2) is 5.78 Å². The van der Waals surface area contributed by atoms with Crippen LogP contribution in [-0.2, 0) is 6.42 Å². The monoisotopic (exact) mass is 368 g/mol. The normalized spacial score (nSPS) is 10.7. The van der Waals surface area contributed by atoms with Crippen LogP contribution in [-0.4, -0.2) is 38.9 Å². The van der Waals surface area contributed by atoms with Gasteiger partial charge in [-0.15, -0.1) is 5.10 Å². The van der Waals surface area contributed by atoms with E-state index in [0.29, 0.717) is 10.7 Å². The zero-order chi connectivity index (χ0) is 18.4. The number of Topliss-reactive ketones (excluding diaryl/α,β-unsaturated/α-hetero) is 1. The number of tetrazole rings is 1. The van der Waals surface area contributed by atoms with Crippen LogP contribution in [0.25, 0.3) is 5.69 Å². The molecule has 26 heavy (non-hydrogen) atoms. The van der Waals surface area contributed by atoms with Crippen LogP contribution in [0.5, 0.6) is 5.75 Å². The molecule has 7 heteroatoms. The summed E-state index contributed by atoms with van der Waals surface area (Å²) in [5.74, 6) is 1.10. The molecule has 0 bridgehead atoms. The zero-order valence-electron chi connectivity index (χ0n) is 14.8. The van der Waals surface area contributed by atoms with Gasteiger partial charge in [0.25, 0.3) is 0 Å². The lowest BCUT2D eigenvalue weighted by Gasteiger charge is -2.06. The molecule has 3 aromatic rings.